The molecule has 190 valence electrons. The van der Waals surface area contributed by atoms with Crippen LogP contribution in [0.5, 0.6) is 0 Å². The first kappa shape index (κ1) is 25.5. The fourth-order valence-electron chi connectivity index (χ4n) is 4.62. The molecule has 0 fully saturated rings. The molecule has 1 aliphatic heterocycles. The van der Waals surface area contributed by atoms with E-state index in [2.05, 4.69) is 5.32 Å². The highest BCUT2D eigenvalue weighted by atomic mass is 35.5. The lowest BCUT2D eigenvalue weighted by atomic mass is 9.97. The molecule has 2 atom stereocenters. The molecule has 1 N–H and O–H groups in total. The summed E-state index contributed by atoms with van der Waals surface area (Å²) < 4.78 is 5.14. The van der Waals surface area contributed by atoms with Crippen LogP contribution in [-0.2, 0) is 14.3 Å². The topological polar surface area (TPSA) is 75.7 Å². The Balaban J connectivity index is 1.71. The number of rotatable bonds is 5. The van der Waals surface area contributed by atoms with Crippen molar-refractivity contribution >= 4 is 46.7 Å². The minimum atomic E-state index is -1.19. The number of carbonyl (C=O) groups is 3. The Bertz CT molecular complexity index is 1510. The molecule has 4 aromatic rings. The van der Waals surface area contributed by atoms with E-state index in [0.717, 1.165) is 11.1 Å². The summed E-state index contributed by atoms with van der Waals surface area (Å²) in [5.74, 6) is -1.65. The second-order valence-corrected chi connectivity index (χ2v) is 9.63. The van der Waals surface area contributed by atoms with Crippen molar-refractivity contribution in [1.29, 1.82) is 0 Å². The standard InChI is InChI=1S/C30H22Cl2N2O4/c1-38-30(37)27(19-5-3-2-4-6-19)34-26(20-9-14-23(32)15-10-20)28(35)33-25-16-11-21(17-24(25)29(34)36)18-7-12-22(31)13-8-18/h2-17,26-27H,1H3,(H,33,35). The van der Waals surface area contributed by atoms with Gasteiger partial charge in [0.05, 0.1) is 18.4 Å². The van der Waals surface area contributed by atoms with Gasteiger partial charge < -0.3 is 15.0 Å². The largest absolute Gasteiger partial charge is 0.467 e. The number of amides is 2. The molecule has 1 aliphatic rings. The number of carbonyl (C=O) groups excluding carboxylic acids is 3. The van der Waals surface area contributed by atoms with Gasteiger partial charge in [-0.1, -0.05) is 83.9 Å². The smallest absolute Gasteiger partial charge is 0.333 e. The number of esters is 1. The van der Waals surface area contributed by atoms with Crippen LogP contribution in [0.2, 0.25) is 10.0 Å². The van der Waals surface area contributed by atoms with E-state index in [-0.39, 0.29) is 5.56 Å². The number of halogens is 2. The van der Waals surface area contributed by atoms with Crippen LogP contribution in [-0.4, -0.2) is 29.8 Å². The summed E-state index contributed by atoms with van der Waals surface area (Å²) in [5.41, 5.74) is 3.19. The van der Waals surface area contributed by atoms with Gasteiger partial charge >= 0.3 is 5.97 Å². The number of benzene rings is 4. The summed E-state index contributed by atoms with van der Waals surface area (Å²) in [4.78, 5) is 42.7. The number of fused-ring (bicyclic) bond motifs is 1. The van der Waals surface area contributed by atoms with Crippen LogP contribution in [0.1, 0.15) is 33.6 Å². The molecule has 0 spiro atoms. The van der Waals surface area contributed by atoms with Gasteiger partial charge in [0.15, 0.2) is 6.04 Å². The summed E-state index contributed by atoms with van der Waals surface area (Å²) >= 11 is 12.2. The second-order valence-electron chi connectivity index (χ2n) is 8.76. The van der Waals surface area contributed by atoms with Crippen LogP contribution >= 0.6 is 23.2 Å². The van der Waals surface area contributed by atoms with Crippen molar-refractivity contribution in [2.75, 3.05) is 12.4 Å². The minimum Gasteiger partial charge on any atom is -0.467 e. The quantitative estimate of drug-likeness (QED) is 0.283. The van der Waals surface area contributed by atoms with Gasteiger partial charge in [-0.15, -0.1) is 0 Å². The Labute approximate surface area is 229 Å². The normalized spacial score (nSPS) is 15.8. The molecule has 5 rings (SSSR count). The summed E-state index contributed by atoms with van der Waals surface area (Å²) in [5, 5.41) is 3.96. The van der Waals surface area contributed by atoms with Crippen LogP contribution in [0.3, 0.4) is 0 Å². The van der Waals surface area contributed by atoms with Crippen LogP contribution in [0.25, 0.3) is 11.1 Å². The average Bonchev–Trinajstić information content (AvgIpc) is 3.04. The van der Waals surface area contributed by atoms with Gasteiger partial charge in [-0.05, 0) is 58.7 Å². The maximum absolute atomic E-state index is 14.4. The minimum absolute atomic E-state index is 0.243. The van der Waals surface area contributed by atoms with Crippen molar-refractivity contribution in [2.45, 2.75) is 12.1 Å². The molecule has 0 aliphatic carbocycles. The monoisotopic (exact) mass is 544 g/mol. The van der Waals surface area contributed by atoms with E-state index in [9.17, 15) is 14.4 Å². The number of ether oxygens (including phenoxy) is 1. The van der Waals surface area contributed by atoms with Gasteiger partial charge in [-0.3, -0.25) is 9.59 Å². The fourth-order valence-corrected chi connectivity index (χ4v) is 4.87. The molecule has 38 heavy (non-hydrogen) atoms. The lowest BCUT2D eigenvalue weighted by molar-refractivity contribution is -0.147. The van der Waals surface area contributed by atoms with Gasteiger partial charge in [-0.25, -0.2) is 4.79 Å². The molecule has 6 nitrogen and oxygen atoms in total. The van der Waals surface area contributed by atoms with Crippen molar-refractivity contribution in [2.24, 2.45) is 0 Å². The molecule has 0 saturated carbocycles. The lowest BCUT2D eigenvalue weighted by Gasteiger charge is -2.35. The zero-order valence-electron chi connectivity index (χ0n) is 20.2. The first-order valence-corrected chi connectivity index (χ1v) is 12.5. The lowest BCUT2D eigenvalue weighted by Crippen LogP contribution is -2.44. The molecule has 2 unspecified atom stereocenters. The highest BCUT2D eigenvalue weighted by molar-refractivity contribution is 6.31. The first-order valence-electron chi connectivity index (χ1n) is 11.8. The molecule has 0 bridgehead atoms. The molecule has 0 radical (unpaired) electrons. The van der Waals surface area contributed by atoms with Crippen molar-refractivity contribution in [3.8, 4) is 11.1 Å². The zero-order valence-corrected chi connectivity index (χ0v) is 21.7. The summed E-state index contributed by atoms with van der Waals surface area (Å²) in [6, 6.07) is 25.5. The zero-order chi connectivity index (χ0) is 26.8. The third-order valence-corrected chi connectivity index (χ3v) is 6.95. The summed E-state index contributed by atoms with van der Waals surface area (Å²) in [6.45, 7) is 0. The van der Waals surface area contributed by atoms with Gasteiger partial charge in [-0.2, -0.15) is 0 Å². The van der Waals surface area contributed by atoms with Crippen LogP contribution in [0.15, 0.2) is 97.1 Å². The first-order chi connectivity index (χ1) is 18.4. The maximum atomic E-state index is 14.4. The Morgan fingerprint density at radius 1 is 0.842 bits per heavy atom. The second kappa shape index (κ2) is 10.7. The van der Waals surface area contributed by atoms with Gasteiger partial charge in [0.25, 0.3) is 11.8 Å². The predicted molar refractivity (Wildman–Crippen MR) is 147 cm³/mol. The average molecular weight is 545 g/mol. The summed E-state index contributed by atoms with van der Waals surface area (Å²) in [7, 11) is 1.25. The van der Waals surface area contributed by atoms with E-state index in [1.54, 1.807) is 78.9 Å². The number of methoxy groups -OCH3 is 1. The van der Waals surface area contributed by atoms with Crippen molar-refractivity contribution in [1.82, 2.24) is 4.90 Å². The Hall–Kier alpha value is -4.13. The number of hydrogen-bond acceptors (Lipinski definition) is 4. The number of nitrogens with one attached hydrogen (secondary N) is 1. The van der Waals surface area contributed by atoms with Crippen molar-refractivity contribution < 1.29 is 19.1 Å². The maximum Gasteiger partial charge on any atom is 0.333 e. The van der Waals surface area contributed by atoms with Crippen molar-refractivity contribution in [3.05, 3.63) is 124 Å². The number of nitrogens with zero attached hydrogens (tertiary/aromatic N) is 1. The molecule has 1 heterocycles. The van der Waals surface area contributed by atoms with E-state index in [1.165, 1.54) is 12.0 Å². The molecular weight excluding hydrogens is 523 g/mol. The third-order valence-electron chi connectivity index (χ3n) is 6.45. The van der Waals surface area contributed by atoms with Gasteiger partial charge in [0, 0.05) is 10.0 Å². The highest BCUT2D eigenvalue weighted by Gasteiger charge is 2.44. The number of anilines is 1. The Morgan fingerprint density at radius 2 is 1.45 bits per heavy atom. The highest BCUT2D eigenvalue weighted by Crippen LogP contribution is 2.39. The van der Waals surface area contributed by atoms with Crippen LogP contribution in [0, 0.1) is 0 Å². The van der Waals surface area contributed by atoms with Crippen LogP contribution < -0.4 is 5.32 Å². The van der Waals surface area contributed by atoms with Gasteiger partial charge in [0.1, 0.15) is 6.04 Å². The molecular formula is C30H22Cl2N2O4. The van der Waals surface area contributed by atoms with E-state index >= 15 is 0 Å². The van der Waals surface area contributed by atoms with Crippen molar-refractivity contribution in [3.63, 3.8) is 0 Å². The van der Waals surface area contributed by atoms with Crippen LogP contribution in [0.4, 0.5) is 5.69 Å². The Kier molecular flexibility index (Phi) is 7.18. The van der Waals surface area contributed by atoms with E-state index in [1.807, 2.05) is 18.2 Å². The molecule has 8 heteroatoms. The molecule has 0 aromatic heterocycles. The SMILES string of the molecule is COC(=O)C(c1ccccc1)N1C(=O)c2cc(-c3ccc(Cl)cc3)ccc2NC(=O)C1c1ccc(Cl)cc1. The molecule has 2 amide bonds. The third kappa shape index (κ3) is 4.88. The Morgan fingerprint density at radius 3 is 2.08 bits per heavy atom. The molecule has 0 saturated heterocycles. The van der Waals surface area contributed by atoms with E-state index < -0.39 is 29.9 Å². The van der Waals surface area contributed by atoms with E-state index in [4.69, 9.17) is 27.9 Å². The fraction of sp³-hybridized carbons (Fsp3) is 0.100. The van der Waals surface area contributed by atoms with Gasteiger partial charge in [0.2, 0.25) is 0 Å². The van der Waals surface area contributed by atoms with E-state index in [0.29, 0.717) is 26.9 Å². The predicted octanol–water partition coefficient (Wildman–Crippen LogP) is 6.71. The summed E-state index contributed by atoms with van der Waals surface area (Å²) in [6.07, 6.45) is 0. The molecule has 4 aromatic carbocycles. The number of hydrogen-bond donors (Lipinski definition) is 1.